The molecule has 0 aliphatic carbocycles. The van der Waals surface area contributed by atoms with Gasteiger partial charge >= 0.3 is 0 Å². The lowest BCUT2D eigenvalue weighted by Crippen LogP contribution is -2.23. The van der Waals surface area contributed by atoms with Gasteiger partial charge in [-0.3, -0.25) is 4.79 Å². The summed E-state index contributed by atoms with van der Waals surface area (Å²) in [6.45, 7) is 4.61. The number of amides is 1. The van der Waals surface area contributed by atoms with E-state index in [9.17, 15) is 4.79 Å². The van der Waals surface area contributed by atoms with Gasteiger partial charge in [-0.05, 0) is 61.0 Å². The van der Waals surface area contributed by atoms with Gasteiger partial charge in [0.15, 0.2) is 11.0 Å². The van der Waals surface area contributed by atoms with Crippen LogP contribution in [0.1, 0.15) is 13.8 Å². The second kappa shape index (κ2) is 8.90. The molecule has 5 nitrogen and oxygen atoms in total. The Balaban J connectivity index is 1.49. The molecule has 3 aromatic carbocycles. The van der Waals surface area contributed by atoms with Crippen LogP contribution in [0.25, 0.3) is 22.2 Å². The summed E-state index contributed by atoms with van der Waals surface area (Å²) >= 11 is 7.38. The summed E-state index contributed by atoms with van der Waals surface area (Å²) in [4.78, 5) is 12.8. The maximum Gasteiger partial charge on any atom is 0.237 e. The van der Waals surface area contributed by atoms with E-state index in [1.807, 2.05) is 79.1 Å². The number of halogens is 1. The molecule has 1 aromatic heterocycles. The van der Waals surface area contributed by atoms with Crippen LogP contribution in [0, 0.1) is 0 Å². The first-order chi connectivity index (χ1) is 14.5. The fourth-order valence-electron chi connectivity index (χ4n) is 3.20. The number of nitrogens with zero attached hydrogens (tertiary/aromatic N) is 3. The Hall–Kier alpha value is -2.83. The minimum absolute atomic E-state index is 0.0750. The number of hydrogen-bond donors (Lipinski definition) is 1. The smallest absolute Gasteiger partial charge is 0.237 e. The van der Waals surface area contributed by atoms with Gasteiger partial charge < -0.3 is 9.88 Å². The van der Waals surface area contributed by atoms with Crippen LogP contribution < -0.4 is 5.32 Å². The zero-order valence-corrected chi connectivity index (χ0v) is 18.2. The number of benzene rings is 3. The van der Waals surface area contributed by atoms with Crippen molar-refractivity contribution in [2.45, 2.75) is 30.8 Å². The number of anilines is 1. The molecule has 0 bridgehead atoms. The third kappa shape index (κ3) is 4.35. The molecule has 0 fully saturated rings. The molecule has 4 rings (SSSR count). The molecular formula is C23H21ClN4OS. The number of fused-ring (bicyclic) bond motifs is 1. The molecule has 0 aliphatic heterocycles. The first kappa shape index (κ1) is 20.4. The van der Waals surface area contributed by atoms with Crippen LogP contribution in [0.15, 0.2) is 71.9 Å². The number of carbonyl (C=O) groups is 1. The average molecular weight is 437 g/mol. The lowest BCUT2D eigenvalue weighted by molar-refractivity contribution is -0.115. The van der Waals surface area contributed by atoms with Crippen LogP contribution in [-0.4, -0.2) is 25.9 Å². The van der Waals surface area contributed by atoms with E-state index in [2.05, 4.69) is 21.6 Å². The van der Waals surface area contributed by atoms with E-state index >= 15 is 0 Å². The molecule has 30 heavy (non-hydrogen) atoms. The van der Waals surface area contributed by atoms with E-state index in [-0.39, 0.29) is 11.2 Å². The summed E-state index contributed by atoms with van der Waals surface area (Å²) in [5.74, 6) is 0.688. The summed E-state index contributed by atoms with van der Waals surface area (Å²) in [7, 11) is 0. The van der Waals surface area contributed by atoms with Crippen molar-refractivity contribution in [3.8, 4) is 11.4 Å². The highest BCUT2D eigenvalue weighted by atomic mass is 35.5. The predicted octanol–water partition coefficient (Wildman–Crippen LogP) is 5.89. The summed E-state index contributed by atoms with van der Waals surface area (Å²) in [6, 6.07) is 21.5. The van der Waals surface area contributed by atoms with Crippen LogP contribution in [0.3, 0.4) is 0 Å². The van der Waals surface area contributed by atoms with Crippen molar-refractivity contribution >= 4 is 45.7 Å². The van der Waals surface area contributed by atoms with Gasteiger partial charge in [0.05, 0.1) is 5.25 Å². The Labute approximate surface area is 184 Å². The number of rotatable bonds is 6. The second-order valence-corrected chi connectivity index (χ2v) is 8.61. The molecule has 152 valence electrons. The standard InChI is InChI=1S/C23H21ClN4OS/c1-3-28-21(17-8-11-19(24)12-9-17)26-27-23(28)30-15(2)22(29)25-20-13-10-16-6-4-5-7-18(16)14-20/h4-15H,3H2,1-2H3,(H,25,29). The molecule has 0 saturated heterocycles. The van der Waals surface area contributed by atoms with Crippen molar-refractivity contribution in [3.63, 3.8) is 0 Å². The minimum atomic E-state index is -0.330. The van der Waals surface area contributed by atoms with Crippen molar-refractivity contribution in [3.05, 3.63) is 71.8 Å². The second-order valence-electron chi connectivity index (χ2n) is 6.87. The molecule has 0 spiro atoms. The number of hydrogen-bond acceptors (Lipinski definition) is 4. The number of thioether (sulfide) groups is 1. The van der Waals surface area contributed by atoms with E-state index in [1.165, 1.54) is 11.8 Å². The maximum absolute atomic E-state index is 12.8. The zero-order valence-electron chi connectivity index (χ0n) is 16.7. The third-order valence-electron chi connectivity index (χ3n) is 4.80. The van der Waals surface area contributed by atoms with Gasteiger partial charge in [0, 0.05) is 22.8 Å². The Bertz CT molecular complexity index is 1190. The molecule has 1 heterocycles. The van der Waals surface area contributed by atoms with Crippen LogP contribution in [0.4, 0.5) is 5.69 Å². The largest absolute Gasteiger partial charge is 0.325 e. The van der Waals surface area contributed by atoms with Gasteiger partial charge in [-0.2, -0.15) is 0 Å². The van der Waals surface area contributed by atoms with Crippen LogP contribution in [0.2, 0.25) is 5.02 Å². The summed E-state index contributed by atoms with van der Waals surface area (Å²) < 4.78 is 2.01. The highest BCUT2D eigenvalue weighted by Gasteiger charge is 2.20. The number of carbonyl (C=O) groups excluding carboxylic acids is 1. The van der Waals surface area contributed by atoms with Crippen molar-refractivity contribution in [1.82, 2.24) is 14.8 Å². The zero-order chi connectivity index (χ0) is 21.1. The Kier molecular flexibility index (Phi) is 6.06. The van der Waals surface area contributed by atoms with Crippen molar-refractivity contribution in [2.24, 2.45) is 0 Å². The third-order valence-corrected chi connectivity index (χ3v) is 6.14. The minimum Gasteiger partial charge on any atom is -0.325 e. The van der Waals surface area contributed by atoms with Crippen molar-refractivity contribution < 1.29 is 4.79 Å². The van der Waals surface area contributed by atoms with Crippen molar-refractivity contribution in [2.75, 3.05) is 5.32 Å². The maximum atomic E-state index is 12.8. The lowest BCUT2D eigenvalue weighted by atomic mass is 10.1. The number of nitrogens with one attached hydrogen (secondary N) is 1. The molecule has 0 aliphatic rings. The SMILES string of the molecule is CCn1c(SC(C)C(=O)Nc2ccc3ccccc3c2)nnc1-c1ccc(Cl)cc1. The van der Waals surface area contributed by atoms with Gasteiger partial charge in [0.1, 0.15) is 0 Å². The highest BCUT2D eigenvalue weighted by Crippen LogP contribution is 2.28. The van der Waals surface area contributed by atoms with Gasteiger partial charge in [-0.25, -0.2) is 0 Å². The highest BCUT2D eigenvalue weighted by molar-refractivity contribution is 8.00. The molecule has 1 atom stereocenters. The van der Waals surface area contributed by atoms with E-state index in [1.54, 1.807) is 0 Å². The Morgan fingerprint density at radius 2 is 1.80 bits per heavy atom. The van der Waals surface area contributed by atoms with E-state index < -0.39 is 0 Å². The van der Waals surface area contributed by atoms with E-state index in [4.69, 9.17) is 11.6 Å². The molecule has 1 amide bonds. The predicted molar refractivity (Wildman–Crippen MR) is 124 cm³/mol. The Morgan fingerprint density at radius 1 is 1.07 bits per heavy atom. The summed E-state index contributed by atoms with van der Waals surface area (Å²) in [5, 5.41) is 15.0. The fraction of sp³-hybridized carbons (Fsp3) is 0.174. The monoisotopic (exact) mass is 436 g/mol. The molecule has 1 unspecified atom stereocenters. The van der Waals surface area contributed by atoms with E-state index in [0.29, 0.717) is 16.7 Å². The molecular weight excluding hydrogens is 416 g/mol. The lowest BCUT2D eigenvalue weighted by Gasteiger charge is -2.13. The number of aromatic nitrogens is 3. The summed E-state index contributed by atoms with van der Waals surface area (Å²) in [5.41, 5.74) is 1.72. The molecule has 0 radical (unpaired) electrons. The molecule has 4 aromatic rings. The quantitative estimate of drug-likeness (QED) is 0.383. The summed E-state index contributed by atoms with van der Waals surface area (Å²) in [6.07, 6.45) is 0. The van der Waals surface area contributed by atoms with Gasteiger partial charge in [0.2, 0.25) is 5.91 Å². The van der Waals surface area contributed by atoms with Crippen molar-refractivity contribution in [1.29, 1.82) is 0 Å². The fourth-order valence-corrected chi connectivity index (χ4v) is 4.23. The first-order valence-corrected chi connectivity index (χ1v) is 11.0. The Morgan fingerprint density at radius 3 is 2.53 bits per heavy atom. The molecule has 7 heteroatoms. The van der Waals surface area contributed by atoms with Crippen LogP contribution in [-0.2, 0) is 11.3 Å². The normalized spacial score (nSPS) is 12.1. The van der Waals surface area contributed by atoms with E-state index in [0.717, 1.165) is 27.8 Å². The molecule has 1 N–H and O–H groups in total. The molecule has 0 saturated carbocycles. The van der Waals surface area contributed by atoms with Gasteiger partial charge in [0.25, 0.3) is 0 Å². The van der Waals surface area contributed by atoms with Gasteiger partial charge in [-0.1, -0.05) is 53.7 Å². The van der Waals surface area contributed by atoms with Crippen LogP contribution in [0.5, 0.6) is 0 Å². The van der Waals surface area contributed by atoms with Gasteiger partial charge in [-0.15, -0.1) is 10.2 Å². The van der Waals surface area contributed by atoms with Crippen LogP contribution >= 0.6 is 23.4 Å². The average Bonchev–Trinajstić information content (AvgIpc) is 3.16. The first-order valence-electron chi connectivity index (χ1n) is 9.70. The topological polar surface area (TPSA) is 59.8 Å².